The molecular formula is C7H14F6N2O5S2. The minimum absolute atomic E-state index is 0.325. The number of nitrogens with zero attached hydrogens (tertiary/aromatic N) is 1. The maximum Gasteiger partial charge on any atom is 0.480 e. The van der Waals surface area contributed by atoms with Crippen LogP contribution in [0, 0.1) is 0 Å². The number of rotatable bonds is 5. The van der Waals surface area contributed by atoms with Crippen LogP contribution in [0.4, 0.5) is 26.3 Å². The van der Waals surface area contributed by atoms with Crippen molar-refractivity contribution >= 4 is 20.0 Å². The fraction of sp³-hybridized carbons (Fsp3) is 1.00. The van der Waals surface area contributed by atoms with Crippen molar-refractivity contribution in [3.05, 3.63) is 4.13 Å². The fourth-order valence-electron chi connectivity index (χ4n) is 0.646. The predicted molar refractivity (Wildman–Crippen MR) is 62.7 cm³/mol. The van der Waals surface area contributed by atoms with Crippen LogP contribution in [0.5, 0.6) is 0 Å². The van der Waals surface area contributed by atoms with Crippen molar-refractivity contribution in [2.45, 2.75) is 17.4 Å². The highest BCUT2D eigenvalue weighted by molar-refractivity contribution is 8.13. The zero-order valence-corrected chi connectivity index (χ0v) is 12.9. The van der Waals surface area contributed by atoms with Gasteiger partial charge in [0.05, 0.1) is 20.6 Å². The first-order valence-electron chi connectivity index (χ1n) is 5.24. The first kappa shape index (κ1) is 23.6. The standard InChI is InChI=1S/C5H13NO.C2F6NO4S2/c1-6(2)4-3-5-7;3-1(4,5)14(10,11)9-15(12,13)2(6,7)8/h7H,3-5H2,1-2H3;/q;-1/p+1. The fourth-order valence-corrected chi connectivity index (χ4v) is 2.36. The van der Waals surface area contributed by atoms with Gasteiger partial charge in [-0.2, -0.15) is 26.3 Å². The number of halogens is 6. The largest absolute Gasteiger partial charge is 0.480 e. The number of nitrogens with one attached hydrogen (secondary N) is 1. The Kier molecular flexibility index (Phi) is 8.89. The Morgan fingerprint density at radius 3 is 1.36 bits per heavy atom. The van der Waals surface area contributed by atoms with Gasteiger partial charge in [-0.05, 0) is 0 Å². The predicted octanol–water partition coefficient (Wildman–Crippen LogP) is -0.427. The third-order valence-electron chi connectivity index (χ3n) is 1.62. The van der Waals surface area contributed by atoms with Gasteiger partial charge in [0.1, 0.15) is 0 Å². The van der Waals surface area contributed by atoms with Crippen LogP contribution in [-0.4, -0.2) is 60.2 Å². The molecule has 0 heterocycles. The van der Waals surface area contributed by atoms with Crippen LogP contribution in [-0.2, 0) is 20.0 Å². The van der Waals surface area contributed by atoms with Crippen LogP contribution in [0.25, 0.3) is 4.13 Å². The lowest BCUT2D eigenvalue weighted by molar-refractivity contribution is -0.858. The molecule has 15 heteroatoms. The van der Waals surface area contributed by atoms with E-state index in [4.69, 9.17) is 5.11 Å². The highest BCUT2D eigenvalue weighted by Gasteiger charge is 2.46. The lowest BCUT2D eigenvalue weighted by Crippen LogP contribution is -3.05. The summed E-state index contributed by atoms with van der Waals surface area (Å²) in [6.07, 6.45) is 0.919. The maximum atomic E-state index is 11.4. The van der Waals surface area contributed by atoms with E-state index in [0.717, 1.165) is 17.1 Å². The summed E-state index contributed by atoms with van der Waals surface area (Å²) < 4.78 is 109. The Morgan fingerprint density at radius 2 is 1.23 bits per heavy atom. The number of hydrogen-bond acceptors (Lipinski definition) is 5. The minimum Gasteiger partial charge on any atom is -0.421 e. The minimum atomic E-state index is -6.72. The van der Waals surface area contributed by atoms with Crippen LogP contribution in [0.1, 0.15) is 6.42 Å². The first-order valence-corrected chi connectivity index (χ1v) is 8.12. The molecule has 0 atom stereocenters. The second kappa shape index (κ2) is 8.28. The smallest absolute Gasteiger partial charge is 0.421 e. The molecule has 0 aromatic carbocycles. The molecule has 0 aliphatic heterocycles. The molecule has 0 aliphatic rings. The third-order valence-corrected chi connectivity index (χ3v) is 4.36. The summed E-state index contributed by atoms with van der Waals surface area (Å²) in [5, 5.41) is 8.30. The van der Waals surface area contributed by atoms with Gasteiger partial charge in [0.25, 0.3) is 0 Å². The lowest BCUT2D eigenvalue weighted by atomic mass is 10.4. The van der Waals surface area contributed by atoms with Crippen LogP contribution >= 0.6 is 0 Å². The average molecular weight is 384 g/mol. The van der Waals surface area contributed by atoms with Crippen molar-refractivity contribution in [1.29, 1.82) is 0 Å². The van der Waals surface area contributed by atoms with E-state index >= 15 is 0 Å². The van der Waals surface area contributed by atoms with Gasteiger partial charge in [-0.1, -0.05) is 0 Å². The van der Waals surface area contributed by atoms with E-state index in [9.17, 15) is 43.2 Å². The normalized spacial score (nSPS) is 13.7. The number of alkyl halides is 6. The van der Waals surface area contributed by atoms with Gasteiger partial charge in [0.15, 0.2) is 20.0 Å². The summed E-state index contributed by atoms with van der Waals surface area (Å²) in [6, 6.07) is 0. The van der Waals surface area contributed by atoms with Crippen molar-refractivity contribution in [1.82, 2.24) is 0 Å². The van der Waals surface area contributed by atoms with Gasteiger partial charge >= 0.3 is 11.0 Å². The van der Waals surface area contributed by atoms with Crippen LogP contribution < -0.4 is 4.90 Å². The topological polar surface area (TPSA) is 107 Å². The van der Waals surface area contributed by atoms with E-state index in [1.54, 1.807) is 0 Å². The van der Waals surface area contributed by atoms with Gasteiger partial charge in [-0.3, -0.25) is 0 Å². The van der Waals surface area contributed by atoms with E-state index in [2.05, 4.69) is 14.1 Å². The van der Waals surface area contributed by atoms with Gasteiger partial charge in [0.2, 0.25) is 0 Å². The second-order valence-electron chi connectivity index (χ2n) is 3.95. The molecule has 0 aromatic rings. The molecule has 0 aromatic heterocycles. The average Bonchev–Trinajstić information content (AvgIpc) is 2.22. The van der Waals surface area contributed by atoms with Crippen LogP contribution in [0.15, 0.2) is 0 Å². The monoisotopic (exact) mass is 384 g/mol. The molecule has 0 saturated heterocycles. The molecule has 136 valence electrons. The molecule has 0 amide bonds. The summed E-state index contributed by atoms with van der Waals surface area (Å²) in [6.45, 7) is 1.39. The highest BCUT2D eigenvalue weighted by Crippen LogP contribution is 2.36. The Hall–Kier alpha value is -0.640. The van der Waals surface area contributed by atoms with E-state index in [1.165, 1.54) is 4.90 Å². The Balaban J connectivity index is 0. The van der Waals surface area contributed by atoms with E-state index in [-0.39, 0.29) is 0 Å². The second-order valence-corrected chi connectivity index (χ2v) is 7.37. The molecule has 0 fully saturated rings. The highest BCUT2D eigenvalue weighted by atomic mass is 32.3. The third kappa shape index (κ3) is 8.72. The zero-order chi connectivity index (χ0) is 18.4. The van der Waals surface area contributed by atoms with Crippen molar-refractivity contribution in [2.75, 3.05) is 27.2 Å². The van der Waals surface area contributed by atoms with E-state index in [1.807, 2.05) is 0 Å². The molecule has 0 rings (SSSR count). The summed E-state index contributed by atoms with van der Waals surface area (Å²) in [4.78, 5) is 1.40. The van der Waals surface area contributed by atoms with Gasteiger partial charge < -0.3 is 14.1 Å². The molecule has 0 radical (unpaired) electrons. The maximum absolute atomic E-state index is 11.4. The van der Waals surface area contributed by atoms with Crippen molar-refractivity contribution in [3.63, 3.8) is 0 Å². The number of aliphatic hydroxyl groups excluding tert-OH is 1. The summed E-state index contributed by atoms with van der Waals surface area (Å²) in [7, 11) is -9.28. The number of sulfonamides is 2. The molecular weight excluding hydrogens is 370 g/mol. The Bertz CT molecular complexity index is 483. The zero-order valence-electron chi connectivity index (χ0n) is 11.2. The molecule has 0 spiro atoms. The number of quaternary nitrogens is 1. The van der Waals surface area contributed by atoms with Gasteiger partial charge in [0, 0.05) is 13.0 Å². The molecule has 0 aliphatic carbocycles. The van der Waals surface area contributed by atoms with Crippen molar-refractivity contribution in [2.24, 2.45) is 0 Å². The van der Waals surface area contributed by atoms with Gasteiger partial charge in [-0.25, -0.2) is 16.8 Å². The SMILES string of the molecule is C[NH+](C)CCCO.O=S(=O)([N-]S(=O)(=O)C(F)(F)F)C(F)(F)F. The van der Waals surface area contributed by atoms with Crippen molar-refractivity contribution in [3.8, 4) is 0 Å². The Morgan fingerprint density at radius 1 is 0.909 bits per heavy atom. The number of hydrogen-bond donors (Lipinski definition) is 2. The van der Waals surface area contributed by atoms with E-state index in [0.29, 0.717) is 6.61 Å². The van der Waals surface area contributed by atoms with Crippen molar-refractivity contribution < 1.29 is 53.2 Å². The molecule has 22 heavy (non-hydrogen) atoms. The lowest BCUT2D eigenvalue weighted by Gasteiger charge is -2.22. The summed E-state index contributed by atoms with van der Waals surface area (Å²) in [5.74, 6) is 0. The quantitative estimate of drug-likeness (QED) is 0.626. The summed E-state index contributed by atoms with van der Waals surface area (Å²) in [5.41, 5.74) is -12.4. The Labute approximate surface area is 123 Å². The van der Waals surface area contributed by atoms with E-state index < -0.39 is 31.1 Å². The first-order chi connectivity index (χ1) is 9.48. The number of aliphatic hydroxyl groups is 1. The molecule has 0 bridgehead atoms. The van der Waals surface area contributed by atoms with Crippen LogP contribution in [0.2, 0.25) is 0 Å². The van der Waals surface area contributed by atoms with Gasteiger partial charge in [-0.15, -0.1) is 0 Å². The summed E-state index contributed by atoms with van der Waals surface area (Å²) >= 11 is 0. The molecule has 0 saturated carbocycles. The molecule has 2 N–H and O–H groups in total. The van der Waals surface area contributed by atoms with Crippen LogP contribution in [0.3, 0.4) is 0 Å². The molecule has 7 nitrogen and oxygen atoms in total. The molecule has 0 unspecified atom stereocenters.